The van der Waals surface area contributed by atoms with Crippen molar-refractivity contribution in [1.82, 2.24) is 0 Å². The molecular weight excluding hydrogens is 216 g/mol. The van der Waals surface area contributed by atoms with Crippen LogP contribution in [-0.4, -0.2) is 0 Å². The van der Waals surface area contributed by atoms with Crippen LogP contribution in [0.2, 0.25) is 0 Å². The second-order valence-corrected chi connectivity index (χ2v) is 5.57. The molecule has 0 saturated heterocycles. The summed E-state index contributed by atoms with van der Waals surface area (Å²) in [6.07, 6.45) is 6.75. The van der Waals surface area contributed by atoms with E-state index in [2.05, 4.69) is 69.8 Å². The maximum atomic E-state index is 4.02. The summed E-state index contributed by atoms with van der Waals surface area (Å²) in [4.78, 5) is 0. The molecule has 1 aliphatic rings. The molecule has 0 aromatic heterocycles. The van der Waals surface area contributed by atoms with E-state index in [1.807, 2.05) is 0 Å². The van der Waals surface area contributed by atoms with Crippen LogP contribution in [0, 0.1) is 5.41 Å². The first-order valence-electron chi connectivity index (χ1n) is 6.64. The Morgan fingerprint density at radius 3 is 2.44 bits per heavy atom. The van der Waals surface area contributed by atoms with Crippen molar-refractivity contribution in [1.29, 1.82) is 0 Å². The van der Waals surface area contributed by atoms with Crippen molar-refractivity contribution in [2.24, 2.45) is 5.41 Å². The predicted molar refractivity (Wildman–Crippen MR) is 80.3 cm³/mol. The molecule has 0 heterocycles. The lowest BCUT2D eigenvalue weighted by atomic mass is 9.70. The standard InChI is InChI=1S/C18H22/c1-5-18(4)12-11-16(13-17(18)14(2)3)15-9-7-6-8-10-15/h5-10,13H,1,11-12H2,2-4H3/t18-/m0/s1. The molecule has 1 atom stereocenters. The van der Waals surface area contributed by atoms with Crippen molar-refractivity contribution in [3.63, 3.8) is 0 Å². The van der Waals surface area contributed by atoms with Gasteiger partial charge in [0.2, 0.25) is 0 Å². The third kappa shape index (κ3) is 2.33. The highest BCUT2D eigenvalue weighted by Gasteiger charge is 2.29. The summed E-state index contributed by atoms with van der Waals surface area (Å²) < 4.78 is 0. The van der Waals surface area contributed by atoms with Gasteiger partial charge in [-0.2, -0.15) is 0 Å². The van der Waals surface area contributed by atoms with E-state index in [1.54, 1.807) is 0 Å². The molecule has 0 heteroatoms. The van der Waals surface area contributed by atoms with Gasteiger partial charge in [0.25, 0.3) is 0 Å². The van der Waals surface area contributed by atoms with Gasteiger partial charge in [0.15, 0.2) is 0 Å². The Morgan fingerprint density at radius 2 is 1.89 bits per heavy atom. The zero-order valence-electron chi connectivity index (χ0n) is 11.7. The van der Waals surface area contributed by atoms with E-state index in [-0.39, 0.29) is 5.41 Å². The number of rotatable bonds is 2. The number of hydrogen-bond acceptors (Lipinski definition) is 0. The van der Waals surface area contributed by atoms with Gasteiger partial charge >= 0.3 is 0 Å². The lowest BCUT2D eigenvalue weighted by molar-refractivity contribution is 0.473. The van der Waals surface area contributed by atoms with E-state index in [0.29, 0.717) is 0 Å². The summed E-state index contributed by atoms with van der Waals surface area (Å²) in [7, 11) is 0. The van der Waals surface area contributed by atoms with Gasteiger partial charge in [-0.05, 0) is 43.4 Å². The first kappa shape index (κ1) is 12.9. The second-order valence-electron chi connectivity index (χ2n) is 5.57. The van der Waals surface area contributed by atoms with Crippen LogP contribution in [0.25, 0.3) is 5.57 Å². The van der Waals surface area contributed by atoms with Crippen molar-refractivity contribution in [3.8, 4) is 0 Å². The van der Waals surface area contributed by atoms with E-state index >= 15 is 0 Å². The van der Waals surface area contributed by atoms with Crippen LogP contribution in [0.4, 0.5) is 0 Å². The molecule has 0 aliphatic heterocycles. The minimum absolute atomic E-state index is 0.136. The first-order valence-corrected chi connectivity index (χ1v) is 6.64. The Kier molecular flexibility index (Phi) is 3.56. The van der Waals surface area contributed by atoms with E-state index in [4.69, 9.17) is 0 Å². The Balaban J connectivity index is 2.47. The molecule has 18 heavy (non-hydrogen) atoms. The molecule has 1 aliphatic carbocycles. The Morgan fingerprint density at radius 1 is 1.22 bits per heavy atom. The highest BCUT2D eigenvalue weighted by molar-refractivity contribution is 5.71. The fourth-order valence-corrected chi connectivity index (χ4v) is 2.75. The van der Waals surface area contributed by atoms with Gasteiger partial charge in [0.05, 0.1) is 0 Å². The molecule has 0 amide bonds. The fraction of sp³-hybridized carbons (Fsp3) is 0.333. The molecule has 0 N–H and O–H groups in total. The van der Waals surface area contributed by atoms with Crippen molar-refractivity contribution >= 4 is 5.57 Å². The monoisotopic (exact) mass is 238 g/mol. The molecule has 0 nitrogen and oxygen atoms in total. The quantitative estimate of drug-likeness (QED) is 0.606. The van der Waals surface area contributed by atoms with Crippen LogP contribution in [-0.2, 0) is 0 Å². The van der Waals surface area contributed by atoms with Gasteiger partial charge in [-0.25, -0.2) is 0 Å². The lowest BCUT2D eigenvalue weighted by Gasteiger charge is -2.34. The van der Waals surface area contributed by atoms with Crippen LogP contribution in [0.3, 0.4) is 0 Å². The van der Waals surface area contributed by atoms with Gasteiger partial charge in [-0.3, -0.25) is 0 Å². The number of hydrogen-bond donors (Lipinski definition) is 0. The minimum Gasteiger partial charge on any atom is -0.102 e. The molecule has 1 aromatic carbocycles. The van der Waals surface area contributed by atoms with E-state index in [0.717, 1.165) is 12.8 Å². The molecule has 1 aromatic rings. The SMILES string of the molecule is C=C[C@@]1(C)CCC(c2ccccc2)=CC1=C(C)C. The third-order valence-electron chi connectivity index (χ3n) is 3.98. The Bertz CT molecular complexity index is 498. The highest BCUT2D eigenvalue weighted by atomic mass is 14.3. The summed E-state index contributed by atoms with van der Waals surface area (Å²) in [5, 5.41) is 0. The average molecular weight is 238 g/mol. The van der Waals surface area contributed by atoms with E-state index in [9.17, 15) is 0 Å². The summed E-state index contributed by atoms with van der Waals surface area (Å²) in [6.45, 7) is 10.7. The minimum atomic E-state index is 0.136. The number of allylic oxidation sites excluding steroid dienone is 5. The molecule has 0 bridgehead atoms. The molecule has 0 saturated carbocycles. The van der Waals surface area contributed by atoms with Crippen molar-refractivity contribution in [2.45, 2.75) is 33.6 Å². The topological polar surface area (TPSA) is 0 Å². The maximum Gasteiger partial charge on any atom is 0.0104 e. The van der Waals surface area contributed by atoms with Crippen LogP contribution >= 0.6 is 0 Å². The molecular formula is C18H22. The second kappa shape index (κ2) is 4.97. The van der Waals surface area contributed by atoms with E-state index in [1.165, 1.54) is 22.3 Å². The number of benzene rings is 1. The zero-order valence-corrected chi connectivity index (χ0v) is 11.7. The van der Waals surface area contributed by atoms with Gasteiger partial charge in [-0.15, -0.1) is 6.58 Å². The van der Waals surface area contributed by atoms with Crippen LogP contribution in [0.1, 0.15) is 39.2 Å². The Labute approximate surface area is 111 Å². The van der Waals surface area contributed by atoms with Gasteiger partial charge in [0, 0.05) is 5.41 Å². The van der Waals surface area contributed by atoms with Gasteiger partial charge in [-0.1, -0.05) is 55.0 Å². The van der Waals surface area contributed by atoms with Crippen LogP contribution in [0.15, 0.2) is 60.2 Å². The molecule has 94 valence electrons. The molecule has 0 fully saturated rings. The largest absolute Gasteiger partial charge is 0.102 e. The summed E-state index contributed by atoms with van der Waals surface area (Å²) in [5.41, 5.74) is 5.76. The normalized spacial score (nSPS) is 23.5. The van der Waals surface area contributed by atoms with Gasteiger partial charge in [0.1, 0.15) is 0 Å². The summed E-state index contributed by atoms with van der Waals surface area (Å²) in [6, 6.07) is 10.7. The van der Waals surface area contributed by atoms with Crippen LogP contribution < -0.4 is 0 Å². The molecule has 2 rings (SSSR count). The smallest absolute Gasteiger partial charge is 0.0104 e. The van der Waals surface area contributed by atoms with E-state index < -0.39 is 0 Å². The van der Waals surface area contributed by atoms with Crippen molar-refractivity contribution in [2.75, 3.05) is 0 Å². The zero-order chi connectivity index (χ0) is 13.2. The average Bonchev–Trinajstić information content (AvgIpc) is 2.40. The lowest BCUT2D eigenvalue weighted by Crippen LogP contribution is -2.20. The first-order chi connectivity index (χ1) is 8.57. The van der Waals surface area contributed by atoms with Crippen molar-refractivity contribution in [3.05, 3.63) is 65.8 Å². The Hall–Kier alpha value is -1.56. The molecule has 0 radical (unpaired) electrons. The third-order valence-corrected chi connectivity index (χ3v) is 3.98. The summed E-state index contributed by atoms with van der Waals surface area (Å²) in [5.74, 6) is 0. The summed E-state index contributed by atoms with van der Waals surface area (Å²) >= 11 is 0. The predicted octanol–water partition coefficient (Wildman–Crippen LogP) is 5.39. The highest BCUT2D eigenvalue weighted by Crippen LogP contribution is 2.44. The molecule has 0 spiro atoms. The maximum absolute atomic E-state index is 4.02. The van der Waals surface area contributed by atoms with Crippen LogP contribution in [0.5, 0.6) is 0 Å². The van der Waals surface area contributed by atoms with Gasteiger partial charge < -0.3 is 0 Å². The molecule has 0 unspecified atom stereocenters. The fourth-order valence-electron chi connectivity index (χ4n) is 2.75. The van der Waals surface area contributed by atoms with Crippen molar-refractivity contribution < 1.29 is 0 Å².